The number of nitrogens with zero attached hydrogens (tertiary/aromatic N) is 1. The smallest absolute Gasteiger partial charge is 0.307 e. The minimum absolute atomic E-state index is 0.113. The third kappa shape index (κ3) is 1.39. The van der Waals surface area contributed by atoms with Crippen molar-refractivity contribution in [1.82, 2.24) is 4.90 Å². The van der Waals surface area contributed by atoms with E-state index in [0.717, 1.165) is 0 Å². The van der Waals surface area contributed by atoms with Gasteiger partial charge in [0.1, 0.15) is 0 Å². The highest BCUT2D eigenvalue weighted by atomic mass is 16.4. The molecule has 1 aliphatic carbocycles. The Balaban J connectivity index is 1.84. The average molecular weight is 185 g/mol. The summed E-state index contributed by atoms with van der Waals surface area (Å²) < 4.78 is 0. The topological polar surface area (TPSA) is 77.8 Å². The molecule has 1 saturated heterocycles. The standard InChI is InChI=1S/C8H11NO4/c10-4-2-9(3-4)7(11)5-1-6(5)8(12)13/h4-6,10H,1-3H2,(H,12,13). The summed E-state index contributed by atoms with van der Waals surface area (Å²) in [7, 11) is 0. The Kier molecular flexibility index (Phi) is 1.76. The number of aliphatic hydroxyl groups is 1. The summed E-state index contributed by atoms with van der Waals surface area (Å²) in [5, 5.41) is 17.5. The number of β-amino-alcohol motifs (C(OH)–C–C–N with tert-alkyl or cyclic N) is 1. The number of aliphatic carboxylic acids is 1. The van der Waals surface area contributed by atoms with Crippen LogP contribution in [0.3, 0.4) is 0 Å². The molecule has 2 rings (SSSR count). The summed E-state index contributed by atoms with van der Waals surface area (Å²) in [6, 6.07) is 0. The van der Waals surface area contributed by atoms with Gasteiger partial charge in [-0.1, -0.05) is 0 Å². The van der Waals surface area contributed by atoms with Crippen LogP contribution in [0, 0.1) is 11.8 Å². The van der Waals surface area contributed by atoms with Gasteiger partial charge in [0.2, 0.25) is 5.91 Å². The second-order valence-corrected chi connectivity index (χ2v) is 3.68. The van der Waals surface area contributed by atoms with Gasteiger partial charge >= 0.3 is 5.97 Å². The molecule has 5 nitrogen and oxygen atoms in total. The molecule has 13 heavy (non-hydrogen) atoms. The molecule has 0 aromatic carbocycles. The Labute approximate surface area is 75.0 Å². The number of aliphatic hydroxyl groups excluding tert-OH is 1. The average Bonchev–Trinajstić information content (AvgIpc) is 2.76. The Morgan fingerprint density at radius 1 is 1.23 bits per heavy atom. The van der Waals surface area contributed by atoms with Gasteiger partial charge < -0.3 is 15.1 Å². The maximum atomic E-state index is 11.4. The van der Waals surface area contributed by atoms with Crippen molar-refractivity contribution in [3.8, 4) is 0 Å². The number of rotatable bonds is 2. The molecule has 0 aromatic heterocycles. The van der Waals surface area contributed by atoms with E-state index in [1.165, 1.54) is 4.90 Å². The lowest BCUT2D eigenvalue weighted by Crippen LogP contribution is -2.54. The molecule has 2 aliphatic rings. The maximum absolute atomic E-state index is 11.4. The van der Waals surface area contributed by atoms with Crippen LogP contribution < -0.4 is 0 Å². The predicted molar refractivity (Wildman–Crippen MR) is 41.8 cm³/mol. The molecule has 1 amide bonds. The van der Waals surface area contributed by atoms with E-state index < -0.39 is 18.0 Å². The number of carbonyl (C=O) groups is 2. The van der Waals surface area contributed by atoms with Crippen molar-refractivity contribution in [1.29, 1.82) is 0 Å². The van der Waals surface area contributed by atoms with Gasteiger partial charge in [0, 0.05) is 13.1 Å². The maximum Gasteiger partial charge on any atom is 0.307 e. The zero-order chi connectivity index (χ0) is 9.59. The molecule has 2 atom stereocenters. The quantitative estimate of drug-likeness (QED) is 0.573. The number of amides is 1. The van der Waals surface area contributed by atoms with Gasteiger partial charge in [-0.15, -0.1) is 0 Å². The summed E-state index contributed by atoms with van der Waals surface area (Å²) in [6.07, 6.45) is 0.0480. The zero-order valence-corrected chi connectivity index (χ0v) is 7.01. The monoisotopic (exact) mass is 185 g/mol. The molecule has 1 aliphatic heterocycles. The third-order valence-electron chi connectivity index (χ3n) is 2.60. The molecule has 0 aromatic rings. The van der Waals surface area contributed by atoms with Crippen molar-refractivity contribution in [2.24, 2.45) is 11.8 Å². The van der Waals surface area contributed by atoms with Gasteiger partial charge in [-0.25, -0.2) is 0 Å². The van der Waals surface area contributed by atoms with Crippen LogP contribution in [0.15, 0.2) is 0 Å². The Morgan fingerprint density at radius 3 is 2.23 bits per heavy atom. The summed E-state index contributed by atoms with van der Waals surface area (Å²) in [6.45, 7) is 0.726. The van der Waals surface area contributed by atoms with Crippen molar-refractivity contribution in [2.75, 3.05) is 13.1 Å². The molecule has 5 heteroatoms. The molecular formula is C8H11NO4. The molecule has 2 fully saturated rings. The van der Waals surface area contributed by atoms with E-state index in [0.29, 0.717) is 19.5 Å². The lowest BCUT2D eigenvalue weighted by atomic mass is 10.1. The van der Waals surface area contributed by atoms with E-state index in [1.807, 2.05) is 0 Å². The molecule has 1 saturated carbocycles. The molecular weight excluding hydrogens is 174 g/mol. The largest absolute Gasteiger partial charge is 0.481 e. The highest BCUT2D eigenvalue weighted by Crippen LogP contribution is 2.40. The number of hydrogen-bond acceptors (Lipinski definition) is 3. The van der Waals surface area contributed by atoms with Crippen LogP contribution >= 0.6 is 0 Å². The second-order valence-electron chi connectivity index (χ2n) is 3.68. The zero-order valence-electron chi connectivity index (χ0n) is 7.01. The van der Waals surface area contributed by atoms with Gasteiger partial charge in [-0.3, -0.25) is 9.59 Å². The van der Waals surface area contributed by atoms with Crippen molar-refractivity contribution in [3.63, 3.8) is 0 Å². The molecule has 2 N–H and O–H groups in total. The van der Waals surface area contributed by atoms with E-state index in [4.69, 9.17) is 10.2 Å². The number of carboxylic acid groups (broad SMARTS) is 1. The Bertz CT molecular complexity index is 259. The fraction of sp³-hybridized carbons (Fsp3) is 0.750. The minimum Gasteiger partial charge on any atom is -0.481 e. The first-order valence-electron chi connectivity index (χ1n) is 4.29. The van der Waals surface area contributed by atoms with E-state index in [-0.39, 0.29) is 11.8 Å². The Hall–Kier alpha value is -1.10. The third-order valence-corrected chi connectivity index (χ3v) is 2.60. The van der Waals surface area contributed by atoms with Crippen LogP contribution in [-0.4, -0.2) is 46.2 Å². The van der Waals surface area contributed by atoms with E-state index in [2.05, 4.69) is 0 Å². The van der Waals surface area contributed by atoms with Gasteiger partial charge in [0.05, 0.1) is 17.9 Å². The van der Waals surface area contributed by atoms with Gasteiger partial charge in [-0.2, -0.15) is 0 Å². The fourth-order valence-electron chi connectivity index (χ4n) is 1.61. The van der Waals surface area contributed by atoms with Crippen molar-refractivity contribution in [3.05, 3.63) is 0 Å². The van der Waals surface area contributed by atoms with Crippen LogP contribution in [0.4, 0.5) is 0 Å². The number of hydrogen-bond donors (Lipinski definition) is 2. The SMILES string of the molecule is O=C(O)C1CC1C(=O)N1CC(O)C1. The van der Waals surface area contributed by atoms with Gasteiger partial charge in [-0.05, 0) is 6.42 Å². The normalized spacial score (nSPS) is 32.5. The number of carboxylic acids is 1. The summed E-state index contributed by atoms with van der Waals surface area (Å²) in [5.41, 5.74) is 0. The van der Waals surface area contributed by atoms with Crippen LogP contribution in [0.2, 0.25) is 0 Å². The van der Waals surface area contributed by atoms with Crippen molar-refractivity contribution in [2.45, 2.75) is 12.5 Å². The van der Waals surface area contributed by atoms with Gasteiger partial charge in [0.15, 0.2) is 0 Å². The number of likely N-dealkylation sites (tertiary alicyclic amines) is 1. The molecule has 0 bridgehead atoms. The number of carbonyl (C=O) groups excluding carboxylic acids is 1. The lowest BCUT2D eigenvalue weighted by Gasteiger charge is -2.36. The highest BCUT2D eigenvalue weighted by Gasteiger charge is 2.51. The first-order chi connectivity index (χ1) is 6.09. The lowest BCUT2D eigenvalue weighted by molar-refractivity contribution is -0.146. The second kappa shape index (κ2) is 2.70. The first kappa shape index (κ1) is 8.50. The van der Waals surface area contributed by atoms with Crippen LogP contribution in [-0.2, 0) is 9.59 Å². The molecule has 72 valence electrons. The fourth-order valence-corrected chi connectivity index (χ4v) is 1.61. The van der Waals surface area contributed by atoms with Crippen molar-refractivity contribution >= 4 is 11.9 Å². The molecule has 0 spiro atoms. The molecule has 2 unspecified atom stereocenters. The van der Waals surface area contributed by atoms with Crippen LogP contribution in [0.5, 0.6) is 0 Å². The minimum atomic E-state index is -0.889. The Morgan fingerprint density at radius 2 is 1.85 bits per heavy atom. The summed E-state index contributed by atoms with van der Waals surface area (Å²) >= 11 is 0. The van der Waals surface area contributed by atoms with E-state index >= 15 is 0 Å². The predicted octanol–water partition coefficient (Wildman–Crippen LogP) is -1.09. The highest BCUT2D eigenvalue weighted by molar-refractivity contribution is 5.89. The van der Waals surface area contributed by atoms with Gasteiger partial charge in [0.25, 0.3) is 0 Å². The van der Waals surface area contributed by atoms with Crippen LogP contribution in [0.25, 0.3) is 0 Å². The van der Waals surface area contributed by atoms with Crippen molar-refractivity contribution < 1.29 is 19.8 Å². The molecule has 0 radical (unpaired) electrons. The van der Waals surface area contributed by atoms with E-state index in [1.54, 1.807) is 0 Å². The first-order valence-corrected chi connectivity index (χ1v) is 4.29. The van der Waals surface area contributed by atoms with Crippen LogP contribution in [0.1, 0.15) is 6.42 Å². The van der Waals surface area contributed by atoms with E-state index in [9.17, 15) is 9.59 Å². The summed E-state index contributed by atoms with van der Waals surface area (Å²) in [4.78, 5) is 23.4. The molecule has 1 heterocycles. The summed E-state index contributed by atoms with van der Waals surface area (Å²) in [5.74, 6) is -1.81.